The van der Waals surface area contributed by atoms with Gasteiger partial charge in [0.05, 0.1) is 17.5 Å². The van der Waals surface area contributed by atoms with E-state index in [0.29, 0.717) is 5.56 Å². The molecule has 0 amide bonds. The summed E-state index contributed by atoms with van der Waals surface area (Å²) < 4.78 is 50.8. The fourth-order valence-corrected chi connectivity index (χ4v) is 1.55. The summed E-state index contributed by atoms with van der Waals surface area (Å²) >= 11 is 0. The predicted molar refractivity (Wildman–Crippen MR) is 69.1 cm³/mol. The lowest BCUT2D eigenvalue weighted by atomic mass is 10.2. The van der Waals surface area contributed by atoms with Gasteiger partial charge in [0, 0.05) is 0 Å². The van der Waals surface area contributed by atoms with Gasteiger partial charge in [-0.3, -0.25) is 5.43 Å². The molecule has 0 radical (unpaired) electrons. The lowest BCUT2D eigenvalue weighted by Crippen LogP contribution is -2.08. The second-order valence-electron chi connectivity index (χ2n) is 3.96. The highest BCUT2D eigenvalue weighted by Gasteiger charge is 2.33. The molecule has 2 rings (SSSR count). The van der Waals surface area contributed by atoms with Crippen LogP contribution in [0.3, 0.4) is 0 Å². The van der Waals surface area contributed by atoms with Gasteiger partial charge in [-0.1, -0.05) is 24.3 Å². The highest BCUT2D eigenvalue weighted by atomic mass is 19.4. The molecule has 0 saturated carbocycles. The molecule has 2 aromatic rings. The van der Waals surface area contributed by atoms with Gasteiger partial charge in [0.15, 0.2) is 0 Å². The zero-order chi connectivity index (χ0) is 14.6. The zero-order valence-corrected chi connectivity index (χ0v) is 10.2. The van der Waals surface area contributed by atoms with Crippen molar-refractivity contribution in [3.8, 4) is 0 Å². The van der Waals surface area contributed by atoms with E-state index < -0.39 is 17.6 Å². The minimum absolute atomic E-state index is 0.140. The summed E-state index contributed by atoms with van der Waals surface area (Å²) in [5.41, 5.74) is 1.98. The summed E-state index contributed by atoms with van der Waals surface area (Å²) in [6.45, 7) is 0. The second-order valence-corrected chi connectivity index (χ2v) is 3.96. The van der Waals surface area contributed by atoms with Gasteiger partial charge in [0.1, 0.15) is 5.82 Å². The number of anilines is 1. The first-order chi connectivity index (χ1) is 9.47. The number of hydrazone groups is 1. The number of hydrogen-bond acceptors (Lipinski definition) is 2. The average Bonchev–Trinajstić information content (AvgIpc) is 2.40. The van der Waals surface area contributed by atoms with Crippen molar-refractivity contribution in [2.75, 3.05) is 5.43 Å². The van der Waals surface area contributed by atoms with E-state index >= 15 is 0 Å². The maximum Gasteiger partial charge on any atom is 0.418 e. The third-order valence-corrected chi connectivity index (χ3v) is 2.50. The fraction of sp³-hybridized carbons (Fsp3) is 0.0714. The van der Waals surface area contributed by atoms with E-state index in [9.17, 15) is 17.6 Å². The molecule has 2 aromatic carbocycles. The monoisotopic (exact) mass is 282 g/mol. The Morgan fingerprint density at radius 2 is 1.60 bits per heavy atom. The molecule has 0 aliphatic heterocycles. The van der Waals surface area contributed by atoms with Crippen LogP contribution in [0.1, 0.15) is 11.1 Å². The van der Waals surface area contributed by atoms with E-state index in [4.69, 9.17) is 0 Å². The van der Waals surface area contributed by atoms with Crippen LogP contribution < -0.4 is 5.43 Å². The Balaban J connectivity index is 2.13. The van der Waals surface area contributed by atoms with Crippen LogP contribution in [0.2, 0.25) is 0 Å². The fourth-order valence-electron chi connectivity index (χ4n) is 1.55. The topological polar surface area (TPSA) is 24.4 Å². The molecule has 0 unspecified atom stereocenters. The number of alkyl halides is 3. The molecule has 1 N–H and O–H groups in total. The Morgan fingerprint density at radius 3 is 2.25 bits per heavy atom. The van der Waals surface area contributed by atoms with Crippen LogP contribution in [0.25, 0.3) is 0 Å². The quantitative estimate of drug-likeness (QED) is 0.507. The first kappa shape index (κ1) is 14.0. The Hall–Kier alpha value is -2.37. The standard InChI is InChI=1S/C14H10F4N2/c15-11-7-5-10(6-8-11)9-19-20-13-4-2-1-3-12(13)14(16,17)18/h1-9,20H. The Kier molecular flexibility index (Phi) is 4.02. The Bertz CT molecular complexity index is 603. The molecule has 0 heterocycles. The molecule has 104 valence electrons. The Labute approximate surface area is 112 Å². The van der Waals surface area contributed by atoms with Crippen LogP contribution in [-0.4, -0.2) is 6.21 Å². The molecule has 0 atom stereocenters. The first-order valence-electron chi connectivity index (χ1n) is 5.68. The number of benzene rings is 2. The van der Waals surface area contributed by atoms with Crippen molar-refractivity contribution in [1.29, 1.82) is 0 Å². The van der Waals surface area contributed by atoms with E-state index in [1.807, 2.05) is 0 Å². The zero-order valence-electron chi connectivity index (χ0n) is 10.2. The normalized spacial score (nSPS) is 11.8. The minimum Gasteiger partial charge on any atom is -0.278 e. The molecule has 0 aliphatic rings. The van der Waals surface area contributed by atoms with Crippen LogP contribution in [0.5, 0.6) is 0 Å². The second kappa shape index (κ2) is 5.73. The molecule has 20 heavy (non-hydrogen) atoms. The molecular weight excluding hydrogens is 272 g/mol. The molecule has 2 nitrogen and oxygen atoms in total. The van der Waals surface area contributed by atoms with E-state index in [2.05, 4.69) is 10.5 Å². The predicted octanol–water partition coefficient (Wildman–Crippen LogP) is 4.29. The van der Waals surface area contributed by atoms with Crippen LogP contribution in [-0.2, 0) is 6.18 Å². The first-order valence-corrected chi connectivity index (χ1v) is 5.68. The summed E-state index contributed by atoms with van der Waals surface area (Å²) in [7, 11) is 0. The van der Waals surface area contributed by atoms with Crippen molar-refractivity contribution < 1.29 is 17.6 Å². The molecule has 6 heteroatoms. The van der Waals surface area contributed by atoms with Gasteiger partial charge < -0.3 is 0 Å². The summed E-state index contributed by atoms with van der Waals surface area (Å²) in [6, 6.07) is 10.5. The van der Waals surface area contributed by atoms with Crippen molar-refractivity contribution in [2.24, 2.45) is 5.10 Å². The van der Waals surface area contributed by atoms with Gasteiger partial charge in [-0.2, -0.15) is 18.3 Å². The van der Waals surface area contributed by atoms with E-state index in [-0.39, 0.29) is 5.69 Å². The SMILES string of the molecule is Fc1ccc(C=NNc2ccccc2C(F)(F)F)cc1. The highest BCUT2D eigenvalue weighted by Crippen LogP contribution is 2.34. The Morgan fingerprint density at radius 1 is 0.950 bits per heavy atom. The molecule has 0 aliphatic carbocycles. The van der Waals surface area contributed by atoms with Gasteiger partial charge in [0.25, 0.3) is 0 Å². The third kappa shape index (κ3) is 3.57. The van der Waals surface area contributed by atoms with Crippen LogP contribution in [0, 0.1) is 5.82 Å². The molecule has 0 saturated heterocycles. The van der Waals surface area contributed by atoms with Crippen molar-refractivity contribution in [3.05, 3.63) is 65.5 Å². The molecule has 0 fully saturated rings. The van der Waals surface area contributed by atoms with Gasteiger partial charge in [0.2, 0.25) is 0 Å². The lowest BCUT2D eigenvalue weighted by molar-refractivity contribution is -0.136. The van der Waals surface area contributed by atoms with Crippen molar-refractivity contribution >= 4 is 11.9 Å². The molecule has 0 spiro atoms. The van der Waals surface area contributed by atoms with Gasteiger partial charge in [-0.05, 0) is 29.8 Å². The van der Waals surface area contributed by atoms with Gasteiger partial charge in [-0.25, -0.2) is 4.39 Å². The van der Waals surface area contributed by atoms with Gasteiger partial charge >= 0.3 is 6.18 Å². The lowest BCUT2D eigenvalue weighted by Gasteiger charge is -2.11. The third-order valence-electron chi connectivity index (χ3n) is 2.50. The minimum atomic E-state index is -4.45. The smallest absolute Gasteiger partial charge is 0.278 e. The number of nitrogens with one attached hydrogen (secondary N) is 1. The summed E-state index contributed by atoms with van der Waals surface area (Å²) in [4.78, 5) is 0. The van der Waals surface area contributed by atoms with Crippen molar-refractivity contribution in [1.82, 2.24) is 0 Å². The van der Waals surface area contributed by atoms with Crippen molar-refractivity contribution in [2.45, 2.75) is 6.18 Å². The molecule has 0 bridgehead atoms. The van der Waals surface area contributed by atoms with Crippen LogP contribution >= 0.6 is 0 Å². The largest absolute Gasteiger partial charge is 0.418 e. The number of hydrogen-bond donors (Lipinski definition) is 1. The summed E-state index contributed by atoms with van der Waals surface area (Å²) in [6.07, 6.45) is -3.14. The summed E-state index contributed by atoms with van der Waals surface area (Å²) in [5, 5.41) is 3.72. The van der Waals surface area contributed by atoms with E-state index in [0.717, 1.165) is 6.07 Å². The van der Waals surface area contributed by atoms with Crippen LogP contribution in [0.15, 0.2) is 53.6 Å². The molecular formula is C14H10F4N2. The average molecular weight is 282 g/mol. The molecule has 0 aromatic heterocycles. The van der Waals surface area contributed by atoms with Crippen LogP contribution in [0.4, 0.5) is 23.2 Å². The highest BCUT2D eigenvalue weighted by molar-refractivity contribution is 5.80. The number of nitrogens with zero attached hydrogens (tertiary/aromatic N) is 1. The summed E-state index contributed by atoms with van der Waals surface area (Å²) in [5.74, 6) is -0.391. The maximum atomic E-state index is 12.7. The van der Waals surface area contributed by atoms with E-state index in [1.165, 1.54) is 48.7 Å². The number of halogens is 4. The van der Waals surface area contributed by atoms with E-state index in [1.54, 1.807) is 0 Å². The maximum absolute atomic E-state index is 12.7. The number of para-hydroxylation sites is 1. The van der Waals surface area contributed by atoms with Gasteiger partial charge in [-0.15, -0.1) is 0 Å². The van der Waals surface area contributed by atoms with Crippen molar-refractivity contribution in [3.63, 3.8) is 0 Å². The number of rotatable bonds is 3.